The topological polar surface area (TPSA) is 55.4 Å². The monoisotopic (exact) mass is 712 g/mol. The van der Waals surface area contributed by atoms with Gasteiger partial charge in [0.15, 0.2) is 0 Å². The molecule has 268 valence electrons. The predicted octanol–water partition coefficient (Wildman–Crippen LogP) is 12.3. The highest BCUT2D eigenvalue weighted by Crippen LogP contribution is 2.34. The van der Waals surface area contributed by atoms with Gasteiger partial charge in [0.25, 0.3) is 0 Å². The molecule has 3 aliphatic rings. The van der Waals surface area contributed by atoms with E-state index in [1.807, 2.05) is 170 Å². The van der Waals surface area contributed by atoms with Crippen molar-refractivity contribution in [3.63, 3.8) is 0 Å². The maximum Gasteiger partial charge on any atom is 0.135 e. The molecule has 6 heteroatoms. The summed E-state index contributed by atoms with van der Waals surface area (Å²) >= 11 is 0. The van der Waals surface area contributed by atoms with Crippen LogP contribution in [0.4, 0.5) is 0 Å². The Morgan fingerprint density at radius 2 is 0.870 bits per heavy atom. The van der Waals surface area contributed by atoms with Gasteiger partial charge >= 0.3 is 0 Å². The van der Waals surface area contributed by atoms with Gasteiger partial charge in [-0.05, 0) is 110 Å². The van der Waals surface area contributed by atoms with Crippen molar-refractivity contribution < 1.29 is 28.4 Å². The number of para-hydroxylation sites is 2. The Balaban J connectivity index is 0.916. The second-order valence-corrected chi connectivity index (χ2v) is 13.1. The number of hydrogen-bond acceptors (Lipinski definition) is 6. The minimum absolute atomic E-state index is 0.132. The molecule has 0 atom stereocenters. The first-order valence-corrected chi connectivity index (χ1v) is 18.3. The van der Waals surface area contributed by atoms with Gasteiger partial charge in [-0.2, -0.15) is 0 Å². The van der Waals surface area contributed by atoms with E-state index in [-0.39, 0.29) is 12.2 Å². The molecule has 1 fully saturated rings. The molecular weight excluding hydrogens is 673 g/mol. The molecule has 0 radical (unpaired) electrons. The van der Waals surface area contributed by atoms with Crippen molar-refractivity contribution in [1.82, 2.24) is 0 Å². The van der Waals surface area contributed by atoms with E-state index < -0.39 is 0 Å². The Hall–Kier alpha value is -6.66. The van der Waals surface area contributed by atoms with Crippen LogP contribution in [0.1, 0.15) is 25.7 Å². The summed E-state index contributed by atoms with van der Waals surface area (Å²) in [4.78, 5) is 0. The fourth-order valence-electron chi connectivity index (χ4n) is 6.50. The molecule has 54 heavy (non-hydrogen) atoms. The molecule has 1 saturated carbocycles. The van der Waals surface area contributed by atoms with Gasteiger partial charge < -0.3 is 28.4 Å². The summed E-state index contributed by atoms with van der Waals surface area (Å²) in [5.41, 5.74) is 1.90. The largest absolute Gasteiger partial charge is 0.490 e. The summed E-state index contributed by atoms with van der Waals surface area (Å²) in [6.07, 6.45) is 20.1. The summed E-state index contributed by atoms with van der Waals surface area (Å²) in [6.45, 7) is 0. The zero-order chi connectivity index (χ0) is 36.4. The summed E-state index contributed by atoms with van der Waals surface area (Å²) in [5.74, 6) is 7.13. The normalized spacial score (nSPS) is 17.6. The second-order valence-electron chi connectivity index (χ2n) is 13.1. The average Bonchev–Trinajstić information content (AvgIpc) is 3.51. The van der Waals surface area contributed by atoms with Crippen LogP contribution in [-0.2, 0) is 0 Å². The van der Waals surface area contributed by atoms with Gasteiger partial charge in [0, 0.05) is 23.8 Å². The first kappa shape index (κ1) is 34.4. The lowest BCUT2D eigenvalue weighted by Crippen LogP contribution is -2.30. The molecule has 5 aromatic rings. The SMILES string of the molecule is C1=CC=C(Oc2cccc(OC3CCC(Oc4ccccc4)CC3)c2)C2=CC(Oc3cccc(Oc4cccc(Oc5ccccc5)c4)c3)=CC=CC2=C1. The standard InChI is InChI=1S/C48H40O6/c1-3-15-36(16-4-1)49-38-27-29-39(30-28-38)51-41-21-12-25-45(33-41)54-48-26-8-7-13-35-14-9-19-46(34-47(35)48)53-44-24-11-23-43(32-44)52-42-22-10-20-40(31-42)50-37-17-5-2-6-18-37/h1-26,31-34,38-39H,27-30H2. The fraction of sp³-hybridized carbons (Fsp3) is 0.125. The summed E-state index contributed by atoms with van der Waals surface area (Å²) in [5, 5.41) is 0. The first-order valence-electron chi connectivity index (χ1n) is 18.3. The molecule has 5 aromatic carbocycles. The van der Waals surface area contributed by atoms with Gasteiger partial charge in [-0.25, -0.2) is 0 Å². The molecule has 0 amide bonds. The molecule has 3 aliphatic carbocycles. The van der Waals surface area contributed by atoms with Crippen molar-refractivity contribution in [2.24, 2.45) is 0 Å². The van der Waals surface area contributed by atoms with E-state index in [1.54, 1.807) is 0 Å². The van der Waals surface area contributed by atoms with E-state index in [0.717, 1.165) is 54.1 Å². The summed E-state index contributed by atoms with van der Waals surface area (Å²) in [6, 6.07) is 42.7. The van der Waals surface area contributed by atoms with Crippen molar-refractivity contribution >= 4 is 0 Å². The molecule has 0 aliphatic heterocycles. The molecule has 0 bridgehead atoms. The third-order valence-corrected chi connectivity index (χ3v) is 9.10. The Morgan fingerprint density at radius 1 is 0.389 bits per heavy atom. The van der Waals surface area contributed by atoms with Crippen molar-refractivity contribution in [2.45, 2.75) is 37.9 Å². The van der Waals surface area contributed by atoms with Crippen LogP contribution in [0, 0.1) is 0 Å². The van der Waals surface area contributed by atoms with Gasteiger partial charge in [-0.1, -0.05) is 85.0 Å². The van der Waals surface area contributed by atoms with Crippen molar-refractivity contribution in [3.8, 4) is 46.0 Å². The quantitative estimate of drug-likeness (QED) is 0.128. The highest BCUT2D eigenvalue weighted by Gasteiger charge is 2.24. The maximum atomic E-state index is 6.56. The minimum atomic E-state index is 0.132. The smallest absolute Gasteiger partial charge is 0.135 e. The van der Waals surface area contributed by atoms with Gasteiger partial charge in [-0.15, -0.1) is 0 Å². The van der Waals surface area contributed by atoms with E-state index in [2.05, 4.69) is 12.2 Å². The molecule has 0 heterocycles. The zero-order valence-corrected chi connectivity index (χ0v) is 29.8. The average molecular weight is 713 g/mol. The number of rotatable bonds is 12. The molecule has 0 saturated heterocycles. The number of ether oxygens (including phenoxy) is 6. The second kappa shape index (κ2) is 16.8. The van der Waals surface area contributed by atoms with E-state index in [4.69, 9.17) is 28.4 Å². The van der Waals surface area contributed by atoms with Gasteiger partial charge in [-0.3, -0.25) is 0 Å². The molecule has 0 spiro atoms. The number of fused-ring (bicyclic) bond motifs is 1. The third-order valence-electron chi connectivity index (χ3n) is 9.10. The molecule has 0 unspecified atom stereocenters. The van der Waals surface area contributed by atoms with Crippen LogP contribution in [0.2, 0.25) is 0 Å². The van der Waals surface area contributed by atoms with Crippen LogP contribution in [0.5, 0.6) is 46.0 Å². The zero-order valence-electron chi connectivity index (χ0n) is 29.8. The summed E-state index contributed by atoms with van der Waals surface area (Å²) in [7, 11) is 0. The van der Waals surface area contributed by atoms with Gasteiger partial charge in [0.2, 0.25) is 0 Å². The lowest BCUT2D eigenvalue weighted by molar-refractivity contribution is 0.0805. The lowest BCUT2D eigenvalue weighted by Gasteiger charge is -2.29. The molecule has 8 rings (SSSR count). The number of hydrogen-bond donors (Lipinski definition) is 0. The minimum Gasteiger partial charge on any atom is -0.490 e. The first-order chi connectivity index (χ1) is 26.7. The molecule has 0 aromatic heterocycles. The maximum absolute atomic E-state index is 6.56. The van der Waals surface area contributed by atoms with E-state index in [0.29, 0.717) is 40.3 Å². The molecule has 0 N–H and O–H groups in total. The van der Waals surface area contributed by atoms with E-state index in [1.165, 1.54) is 0 Å². The third kappa shape index (κ3) is 9.22. The number of allylic oxidation sites excluding steroid dienone is 9. The van der Waals surface area contributed by atoms with Crippen LogP contribution >= 0.6 is 0 Å². The predicted molar refractivity (Wildman–Crippen MR) is 212 cm³/mol. The van der Waals surface area contributed by atoms with Crippen molar-refractivity contribution in [1.29, 1.82) is 0 Å². The van der Waals surface area contributed by atoms with Crippen molar-refractivity contribution in [2.75, 3.05) is 0 Å². The Labute approximate surface area is 316 Å². The van der Waals surface area contributed by atoms with Crippen LogP contribution in [-0.4, -0.2) is 12.2 Å². The van der Waals surface area contributed by atoms with Crippen LogP contribution in [0.15, 0.2) is 205 Å². The van der Waals surface area contributed by atoms with Crippen LogP contribution in [0.25, 0.3) is 0 Å². The highest BCUT2D eigenvalue weighted by atomic mass is 16.5. The van der Waals surface area contributed by atoms with Crippen molar-refractivity contribution in [3.05, 3.63) is 205 Å². The Bertz CT molecular complexity index is 2240. The fourth-order valence-corrected chi connectivity index (χ4v) is 6.50. The van der Waals surface area contributed by atoms with Gasteiger partial charge in [0.1, 0.15) is 57.5 Å². The lowest BCUT2D eigenvalue weighted by atomic mass is 9.95. The highest BCUT2D eigenvalue weighted by molar-refractivity contribution is 5.59. The van der Waals surface area contributed by atoms with Crippen LogP contribution in [0.3, 0.4) is 0 Å². The van der Waals surface area contributed by atoms with Gasteiger partial charge in [0.05, 0.1) is 12.2 Å². The Kier molecular flexibility index (Phi) is 10.7. The summed E-state index contributed by atoms with van der Waals surface area (Å²) < 4.78 is 37.8. The molecular formula is C48H40O6. The van der Waals surface area contributed by atoms with E-state index >= 15 is 0 Å². The number of benzene rings is 5. The van der Waals surface area contributed by atoms with E-state index in [9.17, 15) is 0 Å². The van der Waals surface area contributed by atoms with Crippen LogP contribution < -0.4 is 28.4 Å². The molecule has 6 nitrogen and oxygen atoms in total. The Morgan fingerprint density at radius 3 is 1.52 bits per heavy atom.